The van der Waals surface area contributed by atoms with Gasteiger partial charge in [-0.1, -0.05) is 0 Å². The molecule has 3 aliphatic rings. The predicted octanol–water partition coefficient (Wildman–Crippen LogP) is 3.42. The highest BCUT2D eigenvalue weighted by Crippen LogP contribution is 2.75. The molecule has 2 aromatic rings. The number of anilines is 2. The molecule has 8 nitrogen and oxygen atoms in total. The molecule has 4 atom stereocenters. The number of sulfonamides is 1. The maximum absolute atomic E-state index is 13.8. The molecule has 1 aliphatic heterocycles. The first kappa shape index (κ1) is 24.7. The second-order valence-electron chi connectivity index (χ2n) is 9.33. The fourth-order valence-electron chi connectivity index (χ4n) is 5.95. The summed E-state index contributed by atoms with van der Waals surface area (Å²) in [5, 5.41) is 6.74. The van der Waals surface area contributed by atoms with E-state index < -0.39 is 61.7 Å². The minimum atomic E-state index is -4.83. The normalized spacial score (nSPS) is 27.5. The van der Waals surface area contributed by atoms with E-state index in [1.807, 2.05) is 0 Å². The summed E-state index contributed by atoms with van der Waals surface area (Å²) in [7, 11) is -4.22. The number of amides is 1. The maximum atomic E-state index is 13.8. The van der Waals surface area contributed by atoms with Crippen LogP contribution in [0.2, 0.25) is 0 Å². The van der Waals surface area contributed by atoms with Crippen LogP contribution in [0.15, 0.2) is 35.6 Å². The lowest BCUT2D eigenvalue weighted by molar-refractivity contribution is -0.353. The number of carbonyl (C=O) groups excluding carboxylic acids is 1. The number of aromatic nitrogens is 2. The number of nitrogens with zero attached hydrogens (tertiary/aromatic N) is 3. The molecule has 2 aliphatic carbocycles. The van der Waals surface area contributed by atoms with Crippen molar-refractivity contribution in [1.29, 1.82) is 0 Å². The van der Waals surface area contributed by atoms with E-state index in [1.54, 1.807) is 0 Å². The van der Waals surface area contributed by atoms with Crippen molar-refractivity contribution >= 4 is 27.4 Å². The number of pyridine rings is 2. The molecule has 1 amide bonds. The summed E-state index contributed by atoms with van der Waals surface area (Å²) in [6, 6.07) is 2.71. The van der Waals surface area contributed by atoms with Gasteiger partial charge < -0.3 is 10.2 Å². The topological polar surface area (TPSA) is 118 Å². The standard InChI is InChI=1S/C21H19F6N5O3S/c22-20(23,24)10-5-12(18(33)31-11-2-4-29-16(6-11)36(28,34)35)17(30-7-10)32-8-13-14-1-3-19(14,15(13)9-32)21(25,26)27/h2,4-7,13-15H,1,3,8-9H2,(H2,28,34,35)(H,29,31,33)/t13?,14?,15-,19?/m0/s1. The Balaban J connectivity index is 1.47. The van der Waals surface area contributed by atoms with E-state index in [9.17, 15) is 39.6 Å². The molecular weight excluding hydrogens is 516 g/mol. The Labute approximate surface area is 200 Å². The van der Waals surface area contributed by atoms with Crippen molar-refractivity contribution in [3.63, 3.8) is 0 Å². The highest BCUT2D eigenvalue weighted by Gasteiger charge is 2.79. The van der Waals surface area contributed by atoms with Crippen molar-refractivity contribution < 1.29 is 39.6 Å². The molecule has 3 heterocycles. The lowest BCUT2D eigenvalue weighted by atomic mass is 9.38. The van der Waals surface area contributed by atoms with Gasteiger partial charge in [-0.05, 0) is 42.7 Å². The Hall–Kier alpha value is -2.94. The zero-order chi connectivity index (χ0) is 26.3. The zero-order valence-electron chi connectivity index (χ0n) is 18.3. The van der Waals surface area contributed by atoms with Crippen LogP contribution in [0.1, 0.15) is 28.8 Å². The first-order valence-corrected chi connectivity index (χ1v) is 12.4. The number of nitrogens with one attached hydrogen (secondary N) is 1. The molecule has 0 bridgehead atoms. The van der Waals surface area contributed by atoms with Gasteiger partial charge in [0.2, 0.25) is 0 Å². The number of rotatable bonds is 4. The molecule has 0 spiro atoms. The molecule has 5 rings (SSSR count). The largest absolute Gasteiger partial charge is 0.417 e. The fraction of sp³-hybridized carbons (Fsp3) is 0.476. The number of hydrogen-bond acceptors (Lipinski definition) is 6. The van der Waals surface area contributed by atoms with Gasteiger partial charge in [-0.3, -0.25) is 4.79 Å². The van der Waals surface area contributed by atoms with Crippen LogP contribution in [0.5, 0.6) is 0 Å². The lowest BCUT2D eigenvalue weighted by Crippen LogP contribution is -2.69. The summed E-state index contributed by atoms with van der Waals surface area (Å²) >= 11 is 0. The van der Waals surface area contributed by atoms with Crippen LogP contribution in [0.3, 0.4) is 0 Å². The Bertz CT molecular complexity index is 1350. The summed E-state index contributed by atoms with van der Waals surface area (Å²) in [5.41, 5.74) is -3.63. The Morgan fingerprint density at radius 1 is 1.11 bits per heavy atom. The van der Waals surface area contributed by atoms with E-state index in [0.29, 0.717) is 18.7 Å². The van der Waals surface area contributed by atoms with Gasteiger partial charge in [0, 0.05) is 37.2 Å². The Morgan fingerprint density at radius 2 is 1.83 bits per heavy atom. The van der Waals surface area contributed by atoms with Crippen LogP contribution in [-0.2, 0) is 16.2 Å². The van der Waals surface area contributed by atoms with Gasteiger partial charge in [-0.15, -0.1) is 0 Å². The molecular formula is C21H19F6N5O3S. The van der Waals surface area contributed by atoms with Crippen molar-refractivity contribution in [2.75, 3.05) is 23.3 Å². The van der Waals surface area contributed by atoms with Gasteiger partial charge >= 0.3 is 12.4 Å². The number of alkyl halides is 6. The monoisotopic (exact) mass is 535 g/mol. The van der Waals surface area contributed by atoms with Crippen LogP contribution in [0.4, 0.5) is 37.8 Å². The number of hydrogen-bond donors (Lipinski definition) is 2. The van der Waals surface area contributed by atoms with Crippen LogP contribution in [0.25, 0.3) is 0 Å². The van der Waals surface area contributed by atoms with Crippen molar-refractivity contribution in [2.45, 2.75) is 30.2 Å². The van der Waals surface area contributed by atoms with Gasteiger partial charge in [0.05, 0.1) is 16.5 Å². The molecule has 2 aromatic heterocycles. The summed E-state index contributed by atoms with van der Waals surface area (Å²) < 4.78 is 105. The minimum absolute atomic E-state index is 0.0123. The second kappa shape index (κ2) is 7.78. The number of primary sulfonamides is 1. The van der Waals surface area contributed by atoms with E-state index >= 15 is 0 Å². The van der Waals surface area contributed by atoms with E-state index in [0.717, 1.165) is 12.3 Å². The van der Waals surface area contributed by atoms with Crippen molar-refractivity contribution in [3.05, 3.63) is 41.7 Å². The van der Waals surface area contributed by atoms with Gasteiger partial charge in [0.1, 0.15) is 5.82 Å². The van der Waals surface area contributed by atoms with Crippen LogP contribution >= 0.6 is 0 Å². The molecule has 1 saturated heterocycles. The Morgan fingerprint density at radius 3 is 2.42 bits per heavy atom. The predicted molar refractivity (Wildman–Crippen MR) is 113 cm³/mol. The van der Waals surface area contributed by atoms with E-state index in [4.69, 9.17) is 5.14 Å². The summed E-state index contributed by atoms with van der Waals surface area (Å²) in [4.78, 5) is 21.9. The second-order valence-corrected chi connectivity index (χ2v) is 10.8. The third-order valence-electron chi connectivity index (χ3n) is 7.62. The van der Waals surface area contributed by atoms with Gasteiger partial charge in [0.25, 0.3) is 15.9 Å². The van der Waals surface area contributed by atoms with Gasteiger partial charge in [-0.2, -0.15) is 26.3 Å². The fourth-order valence-corrected chi connectivity index (χ4v) is 6.45. The molecule has 3 fully saturated rings. The third kappa shape index (κ3) is 3.70. The molecule has 15 heteroatoms. The number of nitrogens with two attached hydrogens (primary N) is 1. The minimum Gasteiger partial charge on any atom is -0.355 e. The highest BCUT2D eigenvalue weighted by atomic mass is 32.2. The average Bonchev–Trinajstić information content (AvgIpc) is 3.11. The molecule has 3 unspecified atom stereocenters. The molecule has 0 radical (unpaired) electrons. The molecule has 36 heavy (non-hydrogen) atoms. The van der Waals surface area contributed by atoms with E-state index in [1.165, 1.54) is 11.0 Å². The first-order chi connectivity index (χ1) is 16.6. The number of carbonyl (C=O) groups is 1. The highest BCUT2D eigenvalue weighted by molar-refractivity contribution is 7.89. The van der Waals surface area contributed by atoms with E-state index in [2.05, 4.69) is 15.3 Å². The van der Waals surface area contributed by atoms with Gasteiger partial charge in [0.15, 0.2) is 5.03 Å². The van der Waals surface area contributed by atoms with Crippen molar-refractivity contribution in [3.8, 4) is 0 Å². The maximum Gasteiger partial charge on any atom is 0.417 e. The summed E-state index contributed by atoms with van der Waals surface area (Å²) in [5.74, 6) is -2.80. The molecule has 2 saturated carbocycles. The average molecular weight is 535 g/mol. The van der Waals surface area contributed by atoms with Crippen molar-refractivity contribution in [2.24, 2.45) is 28.3 Å². The molecule has 194 valence electrons. The molecule has 3 N–H and O–H groups in total. The number of fused-ring (bicyclic) bond motifs is 4. The smallest absolute Gasteiger partial charge is 0.355 e. The van der Waals surface area contributed by atoms with E-state index in [-0.39, 0.29) is 36.9 Å². The van der Waals surface area contributed by atoms with Crippen LogP contribution in [-0.4, -0.2) is 43.6 Å². The molecule has 0 aromatic carbocycles. The quantitative estimate of drug-likeness (QED) is 0.580. The summed E-state index contributed by atoms with van der Waals surface area (Å²) in [6.07, 6.45) is -7.21. The van der Waals surface area contributed by atoms with Gasteiger partial charge in [-0.25, -0.2) is 23.5 Å². The van der Waals surface area contributed by atoms with Crippen LogP contribution in [0, 0.1) is 23.2 Å². The van der Waals surface area contributed by atoms with Crippen LogP contribution < -0.4 is 15.4 Å². The first-order valence-electron chi connectivity index (χ1n) is 10.8. The van der Waals surface area contributed by atoms with Crippen molar-refractivity contribution in [1.82, 2.24) is 9.97 Å². The number of halogens is 6. The zero-order valence-corrected chi connectivity index (χ0v) is 19.1. The lowest BCUT2D eigenvalue weighted by Gasteiger charge is -2.66. The SMILES string of the molecule is NS(=O)(=O)c1cc(NC(=O)c2cc(C(F)(F)F)cnc2N2CC3C4CCC4(C(F)(F)F)[C@H]3C2)ccn1. The Kier molecular flexibility index (Phi) is 5.35. The summed E-state index contributed by atoms with van der Waals surface area (Å²) in [6.45, 7) is 0.0424. The third-order valence-corrected chi connectivity index (χ3v) is 8.43.